The number of benzene rings is 2. The van der Waals surface area contributed by atoms with Crippen LogP contribution in [0.2, 0.25) is 0 Å². The summed E-state index contributed by atoms with van der Waals surface area (Å²) in [6, 6.07) is 14.6. The molecule has 2 heterocycles. The molecule has 1 fully saturated rings. The van der Waals surface area contributed by atoms with Crippen LogP contribution in [0, 0.1) is 6.92 Å². The minimum atomic E-state index is -0.531. The fraction of sp³-hybridized carbons (Fsp3) is 0.458. The third kappa shape index (κ3) is 5.17. The highest BCUT2D eigenvalue weighted by Gasteiger charge is 2.22. The Morgan fingerprint density at radius 1 is 1.17 bits per heavy atom. The zero-order valence-corrected chi connectivity index (χ0v) is 17.1. The fourth-order valence-corrected chi connectivity index (χ4v) is 4.36. The van der Waals surface area contributed by atoms with E-state index in [1.807, 2.05) is 18.2 Å². The molecule has 2 aliphatic heterocycles. The lowest BCUT2D eigenvalue weighted by Gasteiger charge is -2.33. The Hall–Kier alpha value is -2.37. The Morgan fingerprint density at radius 2 is 2.00 bits per heavy atom. The van der Waals surface area contributed by atoms with Gasteiger partial charge in [-0.1, -0.05) is 35.9 Å². The summed E-state index contributed by atoms with van der Waals surface area (Å²) < 4.78 is 5.79. The molecule has 0 aromatic heterocycles. The first-order valence-electron chi connectivity index (χ1n) is 10.6. The van der Waals surface area contributed by atoms with E-state index in [-0.39, 0.29) is 12.5 Å². The molecule has 2 N–H and O–H groups in total. The number of nitrogens with one attached hydrogen (secondary N) is 1. The topological polar surface area (TPSA) is 61.8 Å². The molecular weight excluding hydrogens is 364 g/mol. The van der Waals surface area contributed by atoms with Crippen LogP contribution in [0.25, 0.3) is 0 Å². The lowest BCUT2D eigenvalue weighted by molar-refractivity contribution is -0.116. The summed E-state index contributed by atoms with van der Waals surface area (Å²) in [6.45, 7) is 5.03. The van der Waals surface area contributed by atoms with Crippen LogP contribution >= 0.6 is 0 Å². The summed E-state index contributed by atoms with van der Waals surface area (Å²) in [4.78, 5) is 13.9. The Morgan fingerprint density at radius 3 is 2.79 bits per heavy atom. The predicted octanol–water partition coefficient (Wildman–Crippen LogP) is 3.50. The summed E-state index contributed by atoms with van der Waals surface area (Å²) in [5.74, 6) is 1.34. The van der Waals surface area contributed by atoms with E-state index in [1.54, 1.807) is 0 Å². The molecule has 0 bridgehead atoms. The van der Waals surface area contributed by atoms with Crippen molar-refractivity contribution in [3.8, 4) is 5.75 Å². The van der Waals surface area contributed by atoms with Gasteiger partial charge in [0.05, 0.1) is 0 Å². The molecule has 0 saturated carbocycles. The molecule has 2 aromatic rings. The van der Waals surface area contributed by atoms with Crippen LogP contribution in [0.3, 0.4) is 0 Å². The molecule has 0 radical (unpaired) electrons. The number of nitrogens with zero attached hydrogens (tertiary/aromatic N) is 1. The van der Waals surface area contributed by atoms with Gasteiger partial charge >= 0.3 is 0 Å². The number of likely N-dealkylation sites (tertiary alicyclic amines) is 1. The SMILES string of the molecule is Cc1cccc(C2CCN(CC(O)COc3ccc4c(c3)NC(=O)CC4)CC2)c1. The van der Waals surface area contributed by atoms with E-state index < -0.39 is 6.10 Å². The largest absolute Gasteiger partial charge is 0.491 e. The van der Waals surface area contributed by atoms with Crippen LogP contribution in [-0.4, -0.2) is 48.3 Å². The van der Waals surface area contributed by atoms with Crippen molar-refractivity contribution in [3.05, 3.63) is 59.2 Å². The number of rotatable bonds is 6. The molecule has 4 rings (SSSR count). The molecule has 1 amide bonds. The lowest BCUT2D eigenvalue weighted by atomic mass is 9.88. The first kappa shape index (κ1) is 19.9. The second-order valence-corrected chi connectivity index (χ2v) is 8.32. The first-order chi connectivity index (χ1) is 14.1. The molecule has 2 aromatic carbocycles. The summed E-state index contributed by atoms with van der Waals surface area (Å²) in [5.41, 5.74) is 4.72. The number of carbonyl (C=O) groups is 1. The molecule has 1 atom stereocenters. The fourth-order valence-electron chi connectivity index (χ4n) is 4.36. The van der Waals surface area contributed by atoms with Gasteiger partial charge in [0.25, 0.3) is 0 Å². The van der Waals surface area contributed by atoms with Gasteiger partial charge in [-0.2, -0.15) is 0 Å². The van der Waals surface area contributed by atoms with Gasteiger partial charge in [0.2, 0.25) is 5.91 Å². The van der Waals surface area contributed by atoms with E-state index in [4.69, 9.17) is 4.74 Å². The maximum atomic E-state index is 11.6. The molecule has 0 aliphatic carbocycles. The average molecular weight is 395 g/mol. The number of β-amino-alcohol motifs (C(OH)–C–C–N with tert-alkyl or cyclic N) is 1. The van der Waals surface area contributed by atoms with Gasteiger partial charge in [0.1, 0.15) is 18.5 Å². The molecule has 1 saturated heterocycles. The number of hydrogen-bond donors (Lipinski definition) is 2. The molecule has 29 heavy (non-hydrogen) atoms. The summed E-state index contributed by atoms with van der Waals surface area (Å²) >= 11 is 0. The van der Waals surface area contributed by atoms with Crippen molar-refractivity contribution in [1.29, 1.82) is 0 Å². The van der Waals surface area contributed by atoms with Crippen molar-refractivity contribution in [2.45, 2.75) is 44.6 Å². The minimum absolute atomic E-state index is 0.0451. The third-order valence-corrected chi connectivity index (χ3v) is 5.99. The van der Waals surface area contributed by atoms with Crippen molar-refractivity contribution in [2.75, 3.05) is 31.6 Å². The number of aliphatic hydroxyl groups is 1. The second kappa shape index (κ2) is 8.97. The number of aryl methyl sites for hydroxylation is 2. The predicted molar refractivity (Wildman–Crippen MR) is 114 cm³/mol. The highest BCUT2D eigenvalue weighted by Crippen LogP contribution is 2.29. The van der Waals surface area contributed by atoms with Gasteiger partial charge < -0.3 is 20.1 Å². The van der Waals surface area contributed by atoms with Crippen LogP contribution in [0.1, 0.15) is 41.9 Å². The average Bonchev–Trinajstić information content (AvgIpc) is 2.72. The Labute approximate surface area is 172 Å². The van der Waals surface area contributed by atoms with E-state index in [1.165, 1.54) is 11.1 Å². The van der Waals surface area contributed by atoms with Crippen LogP contribution in [0.4, 0.5) is 5.69 Å². The summed E-state index contributed by atoms with van der Waals surface area (Å²) in [6.07, 6.45) is 3.02. The van der Waals surface area contributed by atoms with Crippen LogP contribution in [0.15, 0.2) is 42.5 Å². The van der Waals surface area contributed by atoms with Crippen molar-refractivity contribution in [3.63, 3.8) is 0 Å². The van der Waals surface area contributed by atoms with Crippen molar-refractivity contribution in [2.24, 2.45) is 0 Å². The maximum absolute atomic E-state index is 11.6. The number of ether oxygens (including phenoxy) is 1. The second-order valence-electron chi connectivity index (χ2n) is 8.32. The van der Waals surface area contributed by atoms with Gasteiger partial charge in [-0.15, -0.1) is 0 Å². The quantitative estimate of drug-likeness (QED) is 0.787. The van der Waals surface area contributed by atoms with E-state index in [0.29, 0.717) is 24.6 Å². The monoisotopic (exact) mass is 394 g/mol. The number of fused-ring (bicyclic) bond motifs is 1. The standard InChI is InChI=1S/C24H30N2O3/c1-17-3-2-4-20(13-17)18-9-11-26(12-10-18)15-21(27)16-29-22-7-5-19-6-8-24(28)25-23(19)14-22/h2-5,7,13-14,18,21,27H,6,8-12,15-16H2,1H3,(H,25,28). The van der Waals surface area contributed by atoms with Crippen molar-refractivity contribution >= 4 is 11.6 Å². The van der Waals surface area contributed by atoms with E-state index >= 15 is 0 Å². The van der Waals surface area contributed by atoms with Gasteiger partial charge in [0.15, 0.2) is 0 Å². The van der Waals surface area contributed by atoms with Gasteiger partial charge in [-0.25, -0.2) is 0 Å². The highest BCUT2D eigenvalue weighted by atomic mass is 16.5. The van der Waals surface area contributed by atoms with Crippen LogP contribution < -0.4 is 10.1 Å². The minimum Gasteiger partial charge on any atom is -0.491 e. The van der Waals surface area contributed by atoms with E-state index in [0.717, 1.165) is 43.6 Å². The number of aliphatic hydroxyl groups excluding tert-OH is 1. The number of anilines is 1. The Balaban J connectivity index is 1.23. The van der Waals surface area contributed by atoms with E-state index in [2.05, 4.69) is 41.4 Å². The molecule has 1 unspecified atom stereocenters. The smallest absolute Gasteiger partial charge is 0.224 e. The van der Waals surface area contributed by atoms with Gasteiger partial charge in [-0.3, -0.25) is 4.79 Å². The Kier molecular flexibility index (Phi) is 6.16. The van der Waals surface area contributed by atoms with Crippen LogP contribution in [-0.2, 0) is 11.2 Å². The Bertz CT molecular complexity index is 859. The molecule has 154 valence electrons. The van der Waals surface area contributed by atoms with Gasteiger partial charge in [-0.05, 0) is 62.4 Å². The first-order valence-corrected chi connectivity index (χ1v) is 10.6. The zero-order chi connectivity index (χ0) is 20.2. The number of piperidine rings is 1. The highest BCUT2D eigenvalue weighted by molar-refractivity contribution is 5.94. The summed E-state index contributed by atoms with van der Waals surface area (Å²) in [5, 5.41) is 13.3. The molecular formula is C24H30N2O3. The molecule has 2 aliphatic rings. The molecule has 5 heteroatoms. The van der Waals surface area contributed by atoms with Crippen molar-refractivity contribution < 1.29 is 14.6 Å². The number of hydrogen-bond acceptors (Lipinski definition) is 4. The molecule has 5 nitrogen and oxygen atoms in total. The van der Waals surface area contributed by atoms with E-state index in [9.17, 15) is 9.90 Å². The summed E-state index contributed by atoms with van der Waals surface area (Å²) in [7, 11) is 0. The van der Waals surface area contributed by atoms with Gasteiger partial charge in [0, 0.05) is 24.7 Å². The van der Waals surface area contributed by atoms with Crippen LogP contribution in [0.5, 0.6) is 5.75 Å². The lowest BCUT2D eigenvalue weighted by Crippen LogP contribution is -2.40. The number of amides is 1. The molecule has 0 spiro atoms. The van der Waals surface area contributed by atoms with Crippen molar-refractivity contribution in [1.82, 2.24) is 4.90 Å². The third-order valence-electron chi connectivity index (χ3n) is 5.99. The number of carbonyl (C=O) groups excluding carboxylic acids is 1. The maximum Gasteiger partial charge on any atom is 0.224 e. The normalized spacial score (nSPS) is 18.8. The zero-order valence-electron chi connectivity index (χ0n) is 17.1.